The zero-order valence-electron chi connectivity index (χ0n) is 14.6. The van der Waals surface area contributed by atoms with Crippen LogP contribution in [0.3, 0.4) is 0 Å². The molecule has 24 heavy (non-hydrogen) atoms. The highest BCUT2D eigenvalue weighted by atomic mass is 127. The van der Waals surface area contributed by atoms with Crippen molar-refractivity contribution in [3.63, 3.8) is 0 Å². The minimum absolute atomic E-state index is 0. The molecule has 2 aromatic rings. The molecule has 0 saturated carbocycles. The van der Waals surface area contributed by atoms with Crippen molar-refractivity contribution in [2.75, 3.05) is 20.1 Å². The van der Waals surface area contributed by atoms with Gasteiger partial charge in [0.05, 0.1) is 6.54 Å². The van der Waals surface area contributed by atoms with Gasteiger partial charge in [-0.3, -0.25) is 4.99 Å². The first-order chi connectivity index (χ1) is 11.2. The van der Waals surface area contributed by atoms with Crippen molar-refractivity contribution in [2.24, 2.45) is 4.99 Å². The number of nitrogens with one attached hydrogen (secondary N) is 1. The second-order valence-electron chi connectivity index (χ2n) is 5.37. The van der Waals surface area contributed by atoms with E-state index in [2.05, 4.69) is 70.1 Å². The van der Waals surface area contributed by atoms with Crippen molar-refractivity contribution in [3.05, 3.63) is 48.0 Å². The minimum Gasteiger partial charge on any atom is -0.357 e. The Bertz CT molecular complexity index is 611. The van der Waals surface area contributed by atoms with Gasteiger partial charge in [0.2, 0.25) is 0 Å². The molecule has 0 aliphatic carbocycles. The van der Waals surface area contributed by atoms with Crippen LogP contribution < -0.4 is 5.32 Å². The monoisotopic (exact) mass is 442 g/mol. The molecule has 0 spiro atoms. The SMILES string of the molecule is CCNC(=NCCn1cnnc1CC)N(C)Cc1ccccc1.I. The van der Waals surface area contributed by atoms with E-state index in [1.165, 1.54) is 5.56 Å². The molecule has 0 aliphatic rings. The summed E-state index contributed by atoms with van der Waals surface area (Å²) in [6.07, 6.45) is 2.66. The Morgan fingerprint density at radius 3 is 2.67 bits per heavy atom. The van der Waals surface area contributed by atoms with E-state index >= 15 is 0 Å². The van der Waals surface area contributed by atoms with E-state index in [1.807, 2.05) is 6.07 Å². The summed E-state index contributed by atoms with van der Waals surface area (Å²) in [7, 11) is 2.06. The maximum absolute atomic E-state index is 4.71. The first-order valence-electron chi connectivity index (χ1n) is 8.14. The van der Waals surface area contributed by atoms with Gasteiger partial charge in [-0.2, -0.15) is 0 Å². The molecule has 1 aromatic heterocycles. The van der Waals surface area contributed by atoms with Crippen molar-refractivity contribution in [1.82, 2.24) is 25.0 Å². The standard InChI is InChI=1S/C17H26N6.HI/c1-4-16-21-20-14-23(16)12-11-19-17(18-5-2)22(3)13-15-9-7-6-8-10-15;/h6-10,14H,4-5,11-13H2,1-3H3,(H,18,19);1H. The maximum Gasteiger partial charge on any atom is 0.194 e. The Labute approximate surface area is 161 Å². The number of halogens is 1. The molecule has 0 fully saturated rings. The van der Waals surface area contributed by atoms with Crippen LogP contribution in [0.1, 0.15) is 25.2 Å². The van der Waals surface area contributed by atoms with Crippen molar-refractivity contribution in [1.29, 1.82) is 0 Å². The number of rotatable bonds is 7. The largest absolute Gasteiger partial charge is 0.357 e. The van der Waals surface area contributed by atoms with Crippen molar-refractivity contribution >= 4 is 29.9 Å². The molecule has 0 amide bonds. The molecule has 7 heteroatoms. The molecule has 1 aromatic carbocycles. The average molecular weight is 442 g/mol. The van der Waals surface area contributed by atoms with Crippen LogP contribution in [-0.4, -0.2) is 45.8 Å². The third kappa shape index (κ3) is 6.10. The minimum atomic E-state index is 0. The zero-order chi connectivity index (χ0) is 16.5. The molecule has 0 radical (unpaired) electrons. The van der Waals surface area contributed by atoms with Gasteiger partial charge in [0.1, 0.15) is 12.2 Å². The number of nitrogens with zero attached hydrogens (tertiary/aromatic N) is 5. The fourth-order valence-electron chi connectivity index (χ4n) is 2.40. The van der Waals surface area contributed by atoms with Gasteiger partial charge in [-0.05, 0) is 12.5 Å². The van der Waals surface area contributed by atoms with Crippen LogP contribution in [0.4, 0.5) is 0 Å². The van der Waals surface area contributed by atoms with Crippen LogP contribution in [-0.2, 0) is 19.5 Å². The Kier molecular flexibility index (Phi) is 9.36. The van der Waals surface area contributed by atoms with Crippen molar-refractivity contribution < 1.29 is 0 Å². The topological polar surface area (TPSA) is 58.3 Å². The molecule has 0 bridgehead atoms. The summed E-state index contributed by atoms with van der Waals surface area (Å²) >= 11 is 0. The summed E-state index contributed by atoms with van der Waals surface area (Å²) in [6.45, 7) is 7.35. The van der Waals surface area contributed by atoms with Gasteiger partial charge in [0.15, 0.2) is 5.96 Å². The highest BCUT2D eigenvalue weighted by Crippen LogP contribution is 2.03. The second-order valence-corrected chi connectivity index (χ2v) is 5.37. The second kappa shape index (κ2) is 11.0. The van der Waals surface area contributed by atoms with Crippen LogP contribution in [0.5, 0.6) is 0 Å². The number of aliphatic imine (C=N–C) groups is 1. The summed E-state index contributed by atoms with van der Waals surface area (Å²) in [4.78, 5) is 6.86. The quantitative estimate of drug-likeness (QED) is 0.407. The Morgan fingerprint density at radius 1 is 1.25 bits per heavy atom. The molecule has 1 N–H and O–H groups in total. The molecule has 0 atom stereocenters. The van der Waals surface area contributed by atoms with E-state index in [4.69, 9.17) is 4.99 Å². The lowest BCUT2D eigenvalue weighted by atomic mass is 10.2. The molecule has 6 nitrogen and oxygen atoms in total. The normalized spacial score (nSPS) is 11.0. The van der Waals surface area contributed by atoms with Crippen LogP contribution in [0.25, 0.3) is 0 Å². The van der Waals surface area contributed by atoms with E-state index in [1.54, 1.807) is 6.33 Å². The first-order valence-corrected chi connectivity index (χ1v) is 8.14. The lowest BCUT2D eigenvalue weighted by Crippen LogP contribution is -2.38. The van der Waals surface area contributed by atoms with Gasteiger partial charge in [-0.1, -0.05) is 37.3 Å². The summed E-state index contributed by atoms with van der Waals surface area (Å²) in [6, 6.07) is 10.4. The molecule has 0 aliphatic heterocycles. The third-order valence-electron chi connectivity index (χ3n) is 3.57. The molecule has 1 heterocycles. The fraction of sp³-hybridized carbons (Fsp3) is 0.471. The number of guanidine groups is 1. The number of aryl methyl sites for hydroxylation is 1. The Hall–Kier alpha value is -1.64. The molecular formula is C17H27IN6. The Balaban J connectivity index is 0.00000288. The highest BCUT2D eigenvalue weighted by Gasteiger charge is 2.06. The van der Waals surface area contributed by atoms with Crippen LogP contribution in [0, 0.1) is 0 Å². The zero-order valence-corrected chi connectivity index (χ0v) is 17.0. The van der Waals surface area contributed by atoms with Gasteiger partial charge in [0, 0.05) is 33.1 Å². The van der Waals surface area contributed by atoms with Crippen LogP contribution >= 0.6 is 24.0 Å². The number of aromatic nitrogens is 3. The number of benzene rings is 1. The maximum atomic E-state index is 4.71. The number of hydrogen-bond acceptors (Lipinski definition) is 3. The third-order valence-corrected chi connectivity index (χ3v) is 3.57. The smallest absolute Gasteiger partial charge is 0.194 e. The average Bonchev–Trinajstić information content (AvgIpc) is 3.02. The van der Waals surface area contributed by atoms with E-state index < -0.39 is 0 Å². The van der Waals surface area contributed by atoms with Gasteiger partial charge in [-0.25, -0.2) is 0 Å². The van der Waals surface area contributed by atoms with E-state index in [-0.39, 0.29) is 24.0 Å². The molecule has 0 saturated heterocycles. The van der Waals surface area contributed by atoms with Crippen LogP contribution in [0.2, 0.25) is 0 Å². The first kappa shape index (κ1) is 20.4. The lowest BCUT2D eigenvalue weighted by molar-refractivity contribution is 0.475. The Morgan fingerprint density at radius 2 is 2.00 bits per heavy atom. The van der Waals surface area contributed by atoms with Gasteiger partial charge in [0.25, 0.3) is 0 Å². The van der Waals surface area contributed by atoms with Crippen molar-refractivity contribution in [3.8, 4) is 0 Å². The van der Waals surface area contributed by atoms with E-state index in [9.17, 15) is 0 Å². The summed E-state index contributed by atoms with van der Waals surface area (Å²) < 4.78 is 2.06. The molecule has 2 rings (SSSR count). The molecule has 0 unspecified atom stereocenters. The number of hydrogen-bond donors (Lipinski definition) is 1. The van der Waals surface area contributed by atoms with Crippen LogP contribution in [0.15, 0.2) is 41.7 Å². The van der Waals surface area contributed by atoms with Crippen molar-refractivity contribution in [2.45, 2.75) is 33.4 Å². The summed E-state index contributed by atoms with van der Waals surface area (Å²) in [5.41, 5.74) is 1.27. The highest BCUT2D eigenvalue weighted by molar-refractivity contribution is 14.0. The summed E-state index contributed by atoms with van der Waals surface area (Å²) in [5.74, 6) is 1.92. The summed E-state index contributed by atoms with van der Waals surface area (Å²) in [5, 5.41) is 11.4. The van der Waals surface area contributed by atoms with Gasteiger partial charge in [-0.15, -0.1) is 34.2 Å². The fourth-order valence-corrected chi connectivity index (χ4v) is 2.40. The van der Waals surface area contributed by atoms with E-state index in [0.717, 1.165) is 37.8 Å². The molecular weight excluding hydrogens is 415 g/mol. The molecule has 132 valence electrons. The predicted molar refractivity (Wildman–Crippen MR) is 109 cm³/mol. The van der Waals surface area contributed by atoms with E-state index in [0.29, 0.717) is 6.54 Å². The predicted octanol–water partition coefficient (Wildman–Crippen LogP) is 2.56. The van der Waals surface area contributed by atoms with Gasteiger partial charge >= 0.3 is 0 Å². The lowest BCUT2D eigenvalue weighted by Gasteiger charge is -2.22. The van der Waals surface area contributed by atoms with Gasteiger partial charge < -0.3 is 14.8 Å².